The van der Waals surface area contributed by atoms with E-state index in [4.69, 9.17) is 23.7 Å². The van der Waals surface area contributed by atoms with Gasteiger partial charge in [-0.1, -0.05) is 67.4 Å². The van der Waals surface area contributed by atoms with Crippen molar-refractivity contribution in [3.05, 3.63) is 10.4 Å². The summed E-state index contributed by atoms with van der Waals surface area (Å²) >= 11 is 0. The van der Waals surface area contributed by atoms with Crippen LogP contribution < -0.4 is 0 Å². The van der Waals surface area contributed by atoms with Crippen molar-refractivity contribution in [3.63, 3.8) is 0 Å². The Morgan fingerprint density at radius 2 is 1.14 bits per heavy atom. The molecule has 3 saturated heterocycles. The van der Waals surface area contributed by atoms with Crippen molar-refractivity contribution in [1.82, 2.24) is 0 Å². The second-order valence-electron chi connectivity index (χ2n) is 11.7. The standard InChI is InChI=1S/C28H51N3O5/c1-11-21-16(6)14(4)18(8)27(33-21)35-26-19(9)24(30-31-29)28(34-23(26)13-3)36-25-17(7)15(5)20(10)32-22(25)12-2/h14-28H,11-13H2,1-10H3/t14-,15?,16+,17+,18?,19+,20-,21?,22?,23?,24?,25+,26+,27-,28-/m0/s1. The lowest BCUT2D eigenvalue weighted by Gasteiger charge is -2.50. The van der Waals surface area contributed by atoms with E-state index in [1.165, 1.54) is 0 Å². The molecule has 0 saturated carbocycles. The molecule has 36 heavy (non-hydrogen) atoms. The normalized spacial score (nSPS) is 49.9. The molecular weight excluding hydrogens is 458 g/mol. The fraction of sp³-hybridized carbons (Fsp3) is 1.00. The maximum absolute atomic E-state index is 9.45. The summed E-state index contributed by atoms with van der Waals surface area (Å²) in [5.74, 6) is 1.79. The minimum Gasteiger partial charge on any atom is -0.372 e. The molecule has 8 heteroatoms. The predicted molar refractivity (Wildman–Crippen MR) is 140 cm³/mol. The maximum Gasteiger partial charge on any atom is 0.167 e. The van der Waals surface area contributed by atoms with Crippen molar-refractivity contribution in [3.8, 4) is 0 Å². The molecule has 15 atom stereocenters. The minimum absolute atomic E-state index is 0.0168. The van der Waals surface area contributed by atoms with Crippen molar-refractivity contribution in [2.24, 2.45) is 40.6 Å². The van der Waals surface area contributed by atoms with Gasteiger partial charge in [-0.05, 0) is 61.3 Å². The van der Waals surface area contributed by atoms with E-state index < -0.39 is 12.3 Å². The van der Waals surface area contributed by atoms with Gasteiger partial charge in [-0.2, -0.15) is 0 Å². The molecule has 0 aromatic rings. The van der Waals surface area contributed by atoms with E-state index in [-0.39, 0.29) is 54.7 Å². The summed E-state index contributed by atoms with van der Waals surface area (Å²) in [5.41, 5.74) is 9.45. The molecule has 0 N–H and O–H groups in total. The van der Waals surface area contributed by atoms with Gasteiger partial charge in [-0.15, -0.1) is 0 Å². The van der Waals surface area contributed by atoms with Crippen LogP contribution in [-0.4, -0.2) is 55.2 Å². The molecule has 208 valence electrons. The molecule has 8 nitrogen and oxygen atoms in total. The van der Waals surface area contributed by atoms with E-state index in [0.29, 0.717) is 23.7 Å². The molecule has 3 fully saturated rings. The van der Waals surface area contributed by atoms with Crippen LogP contribution in [0, 0.1) is 35.5 Å². The summed E-state index contributed by atoms with van der Waals surface area (Å²) in [6, 6.07) is -0.501. The second-order valence-corrected chi connectivity index (χ2v) is 11.7. The molecule has 3 rings (SSSR count). The summed E-state index contributed by atoms with van der Waals surface area (Å²) in [4.78, 5) is 3.18. The molecule has 0 radical (unpaired) electrons. The number of ether oxygens (including phenoxy) is 5. The fourth-order valence-corrected chi connectivity index (χ4v) is 6.48. The summed E-state index contributed by atoms with van der Waals surface area (Å²) in [6.07, 6.45) is 1.41. The van der Waals surface area contributed by atoms with E-state index in [1.807, 2.05) is 0 Å². The van der Waals surface area contributed by atoms with Gasteiger partial charge in [0, 0.05) is 10.8 Å². The van der Waals surface area contributed by atoms with E-state index in [2.05, 4.69) is 79.3 Å². The first-order valence-corrected chi connectivity index (χ1v) is 14.4. The van der Waals surface area contributed by atoms with Crippen LogP contribution in [0.2, 0.25) is 0 Å². The Labute approximate surface area is 218 Å². The Morgan fingerprint density at radius 1 is 0.611 bits per heavy atom. The Hall–Kier alpha value is -0.890. The summed E-state index contributed by atoms with van der Waals surface area (Å²) < 4.78 is 32.7. The molecule has 3 aliphatic heterocycles. The Balaban J connectivity index is 1.81. The SMILES string of the molecule is CCC1O[C@@H](O[C@H]2C(CC)O[C@@H](O[C@H]3C(CC)O[C@@H](C)C(C)[C@H]3C)C(N=[N+]=[N-])[C@H]2C)C(C)[C@@H](C)[C@H]1C. The van der Waals surface area contributed by atoms with Crippen molar-refractivity contribution < 1.29 is 23.7 Å². The van der Waals surface area contributed by atoms with E-state index >= 15 is 0 Å². The summed E-state index contributed by atoms with van der Waals surface area (Å²) in [6.45, 7) is 21.8. The van der Waals surface area contributed by atoms with Crippen LogP contribution in [-0.2, 0) is 23.7 Å². The van der Waals surface area contributed by atoms with E-state index in [0.717, 1.165) is 19.3 Å². The maximum atomic E-state index is 9.45. The van der Waals surface area contributed by atoms with Crippen molar-refractivity contribution in [2.45, 2.75) is 144 Å². The molecule has 0 aromatic carbocycles. The zero-order chi connectivity index (χ0) is 26.7. The smallest absolute Gasteiger partial charge is 0.167 e. The van der Waals surface area contributed by atoms with Gasteiger partial charge in [-0.3, -0.25) is 0 Å². The van der Waals surface area contributed by atoms with Gasteiger partial charge < -0.3 is 23.7 Å². The average molecular weight is 510 g/mol. The molecule has 3 aliphatic rings. The Kier molecular flexibility index (Phi) is 10.5. The molecule has 6 unspecified atom stereocenters. The summed E-state index contributed by atoms with van der Waals surface area (Å²) in [5, 5.41) is 4.18. The van der Waals surface area contributed by atoms with E-state index in [9.17, 15) is 5.53 Å². The van der Waals surface area contributed by atoms with Gasteiger partial charge in [0.1, 0.15) is 0 Å². The van der Waals surface area contributed by atoms with E-state index in [1.54, 1.807) is 0 Å². The highest BCUT2D eigenvalue weighted by atomic mass is 16.7. The second kappa shape index (κ2) is 12.8. The van der Waals surface area contributed by atoms with Gasteiger partial charge in [-0.25, -0.2) is 0 Å². The van der Waals surface area contributed by atoms with Crippen molar-refractivity contribution in [2.75, 3.05) is 0 Å². The van der Waals surface area contributed by atoms with Crippen LogP contribution in [0.3, 0.4) is 0 Å². The van der Waals surface area contributed by atoms with Crippen LogP contribution in [0.15, 0.2) is 5.11 Å². The predicted octanol–water partition coefficient (Wildman–Crippen LogP) is 6.72. The van der Waals surface area contributed by atoms with Gasteiger partial charge in [0.25, 0.3) is 0 Å². The fourth-order valence-electron chi connectivity index (χ4n) is 6.48. The number of hydrogen-bond donors (Lipinski definition) is 0. The van der Waals surface area contributed by atoms with Crippen molar-refractivity contribution in [1.29, 1.82) is 0 Å². The lowest BCUT2D eigenvalue weighted by atomic mass is 9.78. The lowest BCUT2D eigenvalue weighted by molar-refractivity contribution is -0.330. The first kappa shape index (κ1) is 29.7. The number of rotatable bonds is 8. The molecule has 0 aliphatic carbocycles. The number of azide groups is 1. The van der Waals surface area contributed by atoms with Crippen LogP contribution in [0.5, 0.6) is 0 Å². The molecule has 3 heterocycles. The Morgan fingerprint density at radius 3 is 1.72 bits per heavy atom. The zero-order valence-corrected chi connectivity index (χ0v) is 24.2. The summed E-state index contributed by atoms with van der Waals surface area (Å²) in [7, 11) is 0. The quantitative estimate of drug-likeness (QED) is 0.206. The molecule has 0 amide bonds. The molecule has 0 aromatic heterocycles. The first-order chi connectivity index (χ1) is 17.1. The third-order valence-corrected chi connectivity index (χ3v) is 9.81. The monoisotopic (exact) mass is 509 g/mol. The topological polar surface area (TPSA) is 94.9 Å². The van der Waals surface area contributed by atoms with Crippen LogP contribution in [0.4, 0.5) is 0 Å². The highest BCUT2D eigenvalue weighted by Gasteiger charge is 2.50. The highest BCUT2D eigenvalue weighted by Crippen LogP contribution is 2.42. The lowest BCUT2D eigenvalue weighted by Crippen LogP contribution is -2.59. The zero-order valence-electron chi connectivity index (χ0n) is 24.2. The molecule has 0 spiro atoms. The van der Waals surface area contributed by atoms with Gasteiger partial charge >= 0.3 is 0 Å². The molecular formula is C28H51N3O5. The third-order valence-electron chi connectivity index (χ3n) is 9.81. The van der Waals surface area contributed by atoms with Crippen molar-refractivity contribution >= 4 is 0 Å². The Bertz CT molecular complexity index is 745. The molecule has 0 bridgehead atoms. The average Bonchev–Trinajstić information content (AvgIpc) is 2.87. The van der Waals surface area contributed by atoms with Crippen LogP contribution >= 0.6 is 0 Å². The van der Waals surface area contributed by atoms with Gasteiger partial charge in [0.05, 0.1) is 42.7 Å². The van der Waals surface area contributed by atoms with Crippen LogP contribution in [0.25, 0.3) is 10.4 Å². The third kappa shape index (κ3) is 5.89. The number of hydrogen-bond acceptors (Lipinski definition) is 6. The number of nitrogens with zero attached hydrogens (tertiary/aromatic N) is 3. The largest absolute Gasteiger partial charge is 0.372 e. The highest BCUT2D eigenvalue weighted by molar-refractivity contribution is 4.95. The van der Waals surface area contributed by atoms with Crippen LogP contribution in [0.1, 0.15) is 88.5 Å². The van der Waals surface area contributed by atoms with Gasteiger partial charge in [0.2, 0.25) is 0 Å². The van der Waals surface area contributed by atoms with Gasteiger partial charge in [0.15, 0.2) is 12.6 Å². The first-order valence-electron chi connectivity index (χ1n) is 14.4. The minimum atomic E-state index is -0.640.